The van der Waals surface area contributed by atoms with Crippen LogP contribution < -0.4 is 0 Å². The van der Waals surface area contributed by atoms with Gasteiger partial charge in [-0.25, -0.2) is 8.42 Å². The van der Waals surface area contributed by atoms with Crippen molar-refractivity contribution in [2.45, 2.75) is 24.3 Å². The largest absolute Gasteiger partial charge is 0.343 e. The first-order valence-corrected chi connectivity index (χ1v) is 11.1. The molecular formula is C21H26N4O3S. The number of piperazine rings is 1. The van der Waals surface area contributed by atoms with Crippen LogP contribution in [0.3, 0.4) is 0 Å². The Morgan fingerprint density at radius 1 is 1.14 bits per heavy atom. The van der Waals surface area contributed by atoms with E-state index in [2.05, 4.69) is 0 Å². The molecule has 1 saturated heterocycles. The van der Waals surface area contributed by atoms with Crippen LogP contribution in [0, 0.1) is 11.3 Å². The van der Waals surface area contributed by atoms with E-state index in [9.17, 15) is 13.2 Å². The molecule has 2 aromatic carbocycles. The van der Waals surface area contributed by atoms with E-state index in [4.69, 9.17) is 5.26 Å². The molecule has 0 spiro atoms. The molecule has 2 aromatic rings. The molecule has 0 radical (unpaired) electrons. The molecular weight excluding hydrogens is 388 g/mol. The number of nitriles is 1. The van der Waals surface area contributed by atoms with Crippen LogP contribution in [0.5, 0.6) is 0 Å². The highest BCUT2D eigenvalue weighted by Crippen LogP contribution is 2.23. The third-order valence-electron chi connectivity index (χ3n) is 5.47. The number of carbonyl (C=O) groups is 1. The monoisotopic (exact) mass is 414 g/mol. The molecule has 1 aliphatic rings. The van der Waals surface area contributed by atoms with Crippen molar-refractivity contribution in [3.8, 4) is 6.07 Å². The maximum atomic E-state index is 13.1. The molecule has 0 aromatic heterocycles. The van der Waals surface area contributed by atoms with Crippen LogP contribution in [0.2, 0.25) is 0 Å². The Balaban J connectivity index is 1.66. The third-order valence-corrected chi connectivity index (χ3v) is 7.37. The van der Waals surface area contributed by atoms with Gasteiger partial charge in [0.2, 0.25) is 15.9 Å². The molecule has 0 saturated carbocycles. The van der Waals surface area contributed by atoms with E-state index >= 15 is 0 Å². The molecule has 1 atom stereocenters. The van der Waals surface area contributed by atoms with Crippen LogP contribution in [-0.2, 0) is 14.8 Å². The molecule has 0 aliphatic carbocycles. The Kier molecular flexibility index (Phi) is 6.52. The molecule has 1 fully saturated rings. The standard InChI is InChI=1S/C21H26N4O3S/c1-17(21(26)23(2)11-5-10-22)24-12-14-25(15-13-24)29(27,28)20-9-8-18-6-3-4-7-19(18)16-20/h3-4,6-9,16-17H,5,11-15H2,1-2H3. The zero-order chi connectivity index (χ0) is 21.0. The molecule has 8 heteroatoms. The number of hydrogen-bond acceptors (Lipinski definition) is 5. The number of amides is 1. The lowest BCUT2D eigenvalue weighted by Gasteiger charge is -2.37. The van der Waals surface area contributed by atoms with Gasteiger partial charge in [0, 0.05) is 39.8 Å². The van der Waals surface area contributed by atoms with Crippen molar-refractivity contribution in [3.05, 3.63) is 42.5 Å². The predicted molar refractivity (Wildman–Crippen MR) is 112 cm³/mol. The fraction of sp³-hybridized carbons (Fsp3) is 0.429. The average Bonchev–Trinajstić information content (AvgIpc) is 2.76. The van der Waals surface area contributed by atoms with Gasteiger partial charge < -0.3 is 4.90 Å². The number of nitrogens with zero attached hydrogens (tertiary/aromatic N) is 4. The van der Waals surface area contributed by atoms with E-state index in [1.165, 1.54) is 4.31 Å². The Hall–Kier alpha value is -2.47. The van der Waals surface area contributed by atoms with E-state index in [0.29, 0.717) is 44.0 Å². The summed E-state index contributed by atoms with van der Waals surface area (Å²) in [6.07, 6.45) is 0.298. The predicted octanol–water partition coefficient (Wildman–Crippen LogP) is 1.91. The second-order valence-electron chi connectivity index (χ2n) is 7.29. The minimum atomic E-state index is -3.58. The summed E-state index contributed by atoms with van der Waals surface area (Å²) < 4.78 is 27.6. The summed E-state index contributed by atoms with van der Waals surface area (Å²) in [4.78, 5) is 16.4. The SMILES string of the molecule is CC(C(=O)N(C)CCC#N)N1CCN(S(=O)(=O)c2ccc3ccccc3c2)CC1. The van der Waals surface area contributed by atoms with E-state index < -0.39 is 10.0 Å². The lowest BCUT2D eigenvalue weighted by molar-refractivity contribution is -0.135. The molecule has 1 aliphatic heterocycles. The Morgan fingerprint density at radius 3 is 2.45 bits per heavy atom. The van der Waals surface area contributed by atoms with Crippen molar-refractivity contribution in [2.24, 2.45) is 0 Å². The van der Waals surface area contributed by atoms with Crippen LogP contribution >= 0.6 is 0 Å². The number of carbonyl (C=O) groups excluding carboxylic acids is 1. The quantitative estimate of drug-likeness (QED) is 0.721. The zero-order valence-corrected chi connectivity index (χ0v) is 17.6. The maximum Gasteiger partial charge on any atom is 0.243 e. The number of rotatable bonds is 6. The van der Waals surface area contributed by atoms with Crippen LogP contribution in [0.15, 0.2) is 47.4 Å². The normalized spacial score (nSPS) is 17.0. The van der Waals surface area contributed by atoms with Gasteiger partial charge in [0.05, 0.1) is 23.4 Å². The van der Waals surface area contributed by atoms with Gasteiger partial charge in [0.15, 0.2) is 0 Å². The van der Waals surface area contributed by atoms with Crippen molar-refractivity contribution in [2.75, 3.05) is 39.8 Å². The van der Waals surface area contributed by atoms with Crippen molar-refractivity contribution in [1.29, 1.82) is 5.26 Å². The molecule has 7 nitrogen and oxygen atoms in total. The summed E-state index contributed by atoms with van der Waals surface area (Å²) in [6, 6.07) is 14.6. The molecule has 1 unspecified atom stereocenters. The van der Waals surface area contributed by atoms with E-state index in [-0.39, 0.29) is 11.9 Å². The summed E-state index contributed by atoms with van der Waals surface area (Å²) in [6.45, 7) is 3.90. The lowest BCUT2D eigenvalue weighted by Crippen LogP contribution is -2.55. The number of hydrogen-bond donors (Lipinski definition) is 0. The summed E-state index contributed by atoms with van der Waals surface area (Å²) >= 11 is 0. The zero-order valence-electron chi connectivity index (χ0n) is 16.8. The number of sulfonamides is 1. The molecule has 29 heavy (non-hydrogen) atoms. The van der Waals surface area contributed by atoms with E-state index in [1.54, 1.807) is 24.1 Å². The Bertz CT molecular complexity index is 1020. The highest BCUT2D eigenvalue weighted by atomic mass is 32.2. The lowest BCUT2D eigenvalue weighted by atomic mass is 10.1. The first kappa shape index (κ1) is 21.2. The van der Waals surface area contributed by atoms with E-state index in [1.807, 2.05) is 48.2 Å². The Labute approximate surface area is 172 Å². The fourth-order valence-corrected chi connectivity index (χ4v) is 5.07. The van der Waals surface area contributed by atoms with Crippen molar-refractivity contribution in [1.82, 2.24) is 14.1 Å². The van der Waals surface area contributed by atoms with Gasteiger partial charge >= 0.3 is 0 Å². The van der Waals surface area contributed by atoms with Crippen LogP contribution in [0.4, 0.5) is 0 Å². The molecule has 0 bridgehead atoms. The van der Waals surface area contributed by atoms with Gasteiger partial charge in [-0.3, -0.25) is 9.69 Å². The minimum Gasteiger partial charge on any atom is -0.343 e. The Morgan fingerprint density at radius 2 is 1.79 bits per heavy atom. The number of fused-ring (bicyclic) bond motifs is 1. The highest BCUT2D eigenvalue weighted by Gasteiger charge is 2.32. The minimum absolute atomic E-state index is 0.0499. The summed E-state index contributed by atoms with van der Waals surface area (Å²) in [7, 11) is -1.88. The fourth-order valence-electron chi connectivity index (χ4n) is 3.61. The average molecular weight is 415 g/mol. The second kappa shape index (κ2) is 8.91. The van der Waals surface area contributed by atoms with Gasteiger partial charge in [0.1, 0.15) is 0 Å². The molecule has 3 rings (SSSR count). The van der Waals surface area contributed by atoms with Gasteiger partial charge in [-0.2, -0.15) is 9.57 Å². The number of benzene rings is 2. The van der Waals surface area contributed by atoms with Crippen LogP contribution in [0.1, 0.15) is 13.3 Å². The molecule has 154 valence electrons. The van der Waals surface area contributed by atoms with Gasteiger partial charge in [-0.05, 0) is 29.8 Å². The highest BCUT2D eigenvalue weighted by molar-refractivity contribution is 7.89. The van der Waals surface area contributed by atoms with Crippen LogP contribution in [-0.4, -0.2) is 74.2 Å². The first-order valence-electron chi connectivity index (χ1n) is 9.69. The van der Waals surface area contributed by atoms with E-state index in [0.717, 1.165) is 10.8 Å². The first-order chi connectivity index (χ1) is 13.8. The van der Waals surface area contributed by atoms with Crippen molar-refractivity contribution >= 4 is 26.7 Å². The molecule has 1 heterocycles. The summed E-state index contributed by atoms with van der Waals surface area (Å²) in [5.41, 5.74) is 0. The second-order valence-corrected chi connectivity index (χ2v) is 9.23. The van der Waals surface area contributed by atoms with Gasteiger partial charge in [-0.15, -0.1) is 0 Å². The summed E-state index contributed by atoms with van der Waals surface area (Å²) in [5, 5.41) is 10.6. The summed E-state index contributed by atoms with van der Waals surface area (Å²) in [5.74, 6) is -0.0499. The molecule has 1 amide bonds. The third kappa shape index (κ3) is 4.58. The maximum absolute atomic E-state index is 13.1. The van der Waals surface area contributed by atoms with Gasteiger partial charge in [-0.1, -0.05) is 30.3 Å². The van der Waals surface area contributed by atoms with Crippen molar-refractivity contribution < 1.29 is 13.2 Å². The topological polar surface area (TPSA) is 84.7 Å². The molecule has 0 N–H and O–H groups in total. The smallest absolute Gasteiger partial charge is 0.243 e. The number of likely N-dealkylation sites (N-methyl/N-ethyl adjacent to an activating group) is 1. The van der Waals surface area contributed by atoms with Gasteiger partial charge in [0.25, 0.3) is 0 Å². The van der Waals surface area contributed by atoms with Crippen LogP contribution in [0.25, 0.3) is 10.8 Å². The van der Waals surface area contributed by atoms with Crippen molar-refractivity contribution in [3.63, 3.8) is 0 Å².